The normalized spacial score (nSPS) is 26.6. The van der Waals surface area contributed by atoms with Gasteiger partial charge in [-0.2, -0.15) is 0 Å². The molecule has 0 bridgehead atoms. The second-order valence-electron chi connectivity index (χ2n) is 6.57. The van der Waals surface area contributed by atoms with Gasteiger partial charge in [-0.1, -0.05) is 12.1 Å². The van der Waals surface area contributed by atoms with Crippen LogP contribution in [0.25, 0.3) is 11.0 Å². The molecule has 1 aliphatic carbocycles. The summed E-state index contributed by atoms with van der Waals surface area (Å²) in [6.07, 6.45) is 0.533. The number of nitrogens with one attached hydrogen (secondary N) is 1. The Hall–Kier alpha value is -1.46. The monoisotopic (exact) mass is 352 g/mol. The number of aromatic amines is 1. The van der Waals surface area contributed by atoms with E-state index >= 15 is 0 Å². The van der Waals surface area contributed by atoms with Crippen LogP contribution in [0.4, 0.5) is 5.95 Å². The number of amides is 1. The molecule has 1 saturated heterocycles. The molecule has 122 valence electrons. The topological polar surface area (TPSA) is 52.2 Å². The van der Waals surface area contributed by atoms with Crippen molar-refractivity contribution >= 4 is 46.1 Å². The van der Waals surface area contributed by atoms with E-state index in [9.17, 15) is 4.79 Å². The Bertz CT molecular complexity index is 733. The van der Waals surface area contributed by atoms with E-state index in [1.54, 1.807) is 0 Å². The quantitative estimate of drug-likeness (QED) is 0.845. The summed E-state index contributed by atoms with van der Waals surface area (Å²) in [7, 11) is 0. The van der Waals surface area contributed by atoms with Gasteiger partial charge in [-0.25, -0.2) is 4.98 Å². The van der Waals surface area contributed by atoms with Gasteiger partial charge in [-0.05, 0) is 25.5 Å². The van der Waals surface area contributed by atoms with Crippen molar-refractivity contribution in [2.24, 2.45) is 5.41 Å². The number of imidazole rings is 1. The van der Waals surface area contributed by atoms with Crippen LogP contribution in [0.3, 0.4) is 0 Å². The molecule has 1 aromatic heterocycles. The van der Waals surface area contributed by atoms with E-state index in [4.69, 9.17) is 23.2 Å². The Morgan fingerprint density at radius 3 is 2.48 bits per heavy atom. The predicted molar refractivity (Wildman–Crippen MR) is 92.0 cm³/mol. The van der Waals surface area contributed by atoms with Gasteiger partial charge in [0.25, 0.3) is 0 Å². The Morgan fingerprint density at radius 2 is 1.87 bits per heavy atom. The minimum atomic E-state index is -0.903. The number of hydrogen-bond acceptors (Lipinski definition) is 3. The van der Waals surface area contributed by atoms with Gasteiger partial charge in [0.15, 0.2) is 0 Å². The molecule has 0 radical (unpaired) electrons. The second kappa shape index (κ2) is 5.02. The first-order valence-corrected chi connectivity index (χ1v) is 8.53. The van der Waals surface area contributed by atoms with Gasteiger partial charge in [0.05, 0.1) is 16.4 Å². The van der Waals surface area contributed by atoms with Crippen molar-refractivity contribution in [3.8, 4) is 0 Å². The van der Waals surface area contributed by atoms with E-state index in [-0.39, 0.29) is 5.91 Å². The Balaban J connectivity index is 1.44. The van der Waals surface area contributed by atoms with Crippen molar-refractivity contribution < 1.29 is 4.79 Å². The number of rotatable bonds is 2. The van der Waals surface area contributed by atoms with E-state index < -0.39 is 9.75 Å². The Labute approximate surface area is 144 Å². The van der Waals surface area contributed by atoms with Gasteiger partial charge in [0.1, 0.15) is 4.33 Å². The summed E-state index contributed by atoms with van der Waals surface area (Å²) < 4.78 is -0.903. The molecule has 2 fully saturated rings. The molecule has 1 aliphatic heterocycles. The predicted octanol–water partition coefficient (Wildman–Crippen LogP) is 2.80. The van der Waals surface area contributed by atoms with Crippen LogP contribution in [0.15, 0.2) is 24.3 Å². The van der Waals surface area contributed by atoms with Crippen LogP contribution >= 0.6 is 23.2 Å². The highest BCUT2D eigenvalue weighted by Crippen LogP contribution is 2.64. The maximum Gasteiger partial charge on any atom is 0.231 e. The molecule has 7 heteroatoms. The lowest BCUT2D eigenvalue weighted by molar-refractivity contribution is -0.136. The number of para-hydroxylation sites is 2. The van der Waals surface area contributed by atoms with Crippen LogP contribution in [0.1, 0.15) is 13.3 Å². The van der Waals surface area contributed by atoms with Crippen LogP contribution in [0, 0.1) is 5.41 Å². The molecule has 2 heterocycles. The zero-order valence-electron chi connectivity index (χ0n) is 12.9. The summed E-state index contributed by atoms with van der Waals surface area (Å²) >= 11 is 12.2. The summed E-state index contributed by atoms with van der Waals surface area (Å²) in [5.41, 5.74) is 1.36. The van der Waals surface area contributed by atoms with Crippen LogP contribution in [0.2, 0.25) is 0 Å². The maximum atomic E-state index is 12.6. The molecule has 0 unspecified atom stereocenters. The number of halogens is 2. The van der Waals surface area contributed by atoms with Crippen LogP contribution in [0.5, 0.6) is 0 Å². The first-order chi connectivity index (χ1) is 10.9. The minimum absolute atomic E-state index is 0.0618. The van der Waals surface area contributed by atoms with E-state index in [1.807, 2.05) is 36.1 Å². The Kier molecular flexibility index (Phi) is 3.29. The Morgan fingerprint density at radius 1 is 1.22 bits per heavy atom. The summed E-state index contributed by atoms with van der Waals surface area (Å²) in [4.78, 5) is 24.6. The lowest BCUT2D eigenvalue weighted by Crippen LogP contribution is -2.51. The van der Waals surface area contributed by atoms with Gasteiger partial charge in [0, 0.05) is 26.2 Å². The molecule has 1 atom stereocenters. The van der Waals surface area contributed by atoms with Crippen LogP contribution in [-0.2, 0) is 4.79 Å². The van der Waals surface area contributed by atoms with Crippen molar-refractivity contribution in [2.45, 2.75) is 17.7 Å². The first kappa shape index (κ1) is 15.1. The molecule has 5 nitrogen and oxygen atoms in total. The van der Waals surface area contributed by atoms with E-state index in [1.165, 1.54) is 0 Å². The van der Waals surface area contributed by atoms with Crippen LogP contribution in [-0.4, -0.2) is 51.3 Å². The van der Waals surface area contributed by atoms with Crippen molar-refractivity contribution in [3.05, 3.63) is 24.3 Å². The van der Waals surface area contributed by atoms with Crippen LogP contribution < -0.4 is 4.90 Å². The molecular weight excluding hydrogens is 335 g/mol. The van der Waals surface area contributed by atoms with Crippen molar-refractivity contribution in [2.75, 3.05) is 31.1 Å². The highest BCUT2D eigenvalue weighted by molar-refractivity contribution is 6.53. The zero-order valence-corrected chi connectivity index (χ0v) is 14.4. The standard InChI is InChI=1S/C16H18Cl2N4O/c1-15(10-16(15,17)18)13(23)21-6-8-22(9-7-21)14-19-11-4-2-3-5-12(11)20-14/h2-5H,6-10H2,1H3,(H,19,20)/t15-/m1/s1. The van der Waals surface area contributed by atoms with Crippen molar-refractivity contribution in [1.82, 2.24) is 14.9 Å². The number of carbonyl (C=O) groups is 1. The van der Waals surface area contributed by atoms with Crippen molar-refractivity contribution in [3.63, 3.8) is 0 Å². The number of hydrogen-bond donors (Lipinski definition) is 1. The lowest BCUT2D eigenvalue weighted by Gasteiger charge is -2.36. The maximum absolute atomic E-state index is 12.6. The third-order valence-corrected chi connectivity index (χ3v) is 6.07. The highest BCUT2D eigenvalue weighted by Gasteiger charge is 2.68. The summed E-state index contributed by atoms with van der Waals surface area (Å²) in [6.45, 7) is 4.67. The summed E-state index contributed by atoms with van der Waals surface area (Å²) in [5, 5.41) is 0. The molecule has 1 saturated carbocycles. The largest absolute Gasteiger partial charge is 0.339 e. The number of piperazine rings is 1. The second-order valence-corrected chi connectivity index (χ2v) is 8.05. The number of carbonyl (C=O) groups excluding carboxylic acids is 1. The molecule has 2 aliphatic rings. The SMILES string of the molecule is C[C@]1(C(=O)N2CCN(c3nc4ccccc4[nH]3)CC2)CC1(Cl)Cl. The molecular formula is C16H18Cl2N4O. The molecule has 4 rings (SSSR count). The number of aromatic nitrogens is 2. The van der Waals surface area contributed by atoms with Gasteiger partial charge >= 0.3 is 0 Å². The fourth-order valence-corrected chi connectivity index (χ4v) is 3.89. The average Bonchev–Trinajstić information content (AvgIpc) is 2.89. The fourth-order valence-electron chi connectivity index (χ4n) is 3.19. The van der Waals surface area contributed by atoms with E-state index in [0.29, 0.717) is 19.5 Å². The third-order valence-electron chi connectivity index (χ3n) is 4.97. The third kappa shape index (κ3) is 2.37. The number of anilines is 1. The number of nitrogens with zero attached hydrogens (tertiary/aromatic N) is 3. The lowest BCUT2D eigenvalue weighted by atomic mass is 10.1. The van der Waals surface area contributed by atoms with Gasteiger partial charge < -0.3 is 14.8 Å². The number of benzene rings is 1. The van der Waals surface area contributed by atoms with E-state index in [2.05, 4.69) is 14.9 Å². The number of alkyl halides is 2. The summed E-state index contributed by atoms with van der Waals surface area (Å²) in [6, 6.07) is 7.97. The minimum Gasteiger partial charge on any atom is -0.339 e. The number of fused-ring (bicyclic) bond motifs is 1. The van der Waals surface area contributed by atoms with Gasteiger partial charge in [-0.3, -0.25) is 4.79 Å². The molecule has 1 aromatic carbocycles. The zero-order chi connectivity index (χ0) is 16.2. The summed E-state index contributed by atoms with van der Waals surface area (Å²) in [5.74, 6) is 0.923. The molecule has 1 amide bonds. The molecule has 0 spiro atoms. The van der Waals surface area contributed by atoms with Gasteiger partial charge in [0.2, 0.25) is 11.9 Å². The molecule has 1 N–H and O–H groups in total. The molecule has 23 heavy (non-hydrogen) atoms. The average molecular weight is 353 g/mol. The van der Waals surface area contributed by atoms with Gasteiger partial charge in [-0.15, -0.1) is 23.2 Å². The number of H-pyrrole nitrogens is 1. The van der Waals surface area contributed by atoms with Crippen molar-refractivity contribution in [1.29, 1.82) is 0 Å². The first-order valence-electron chi connectivity index (χ1n) is 7.78. The smallest absolute Gasteiger partial charge is 0.231 e. The highest BCUT2D eigenvalue weighted by atomic mass is 35.5. The molecule has 2 aromatic rings. The fraction of sp³-hybridized carbons (Fsp3) is 0.500. The van der Waals surface area contributed by atoms with E-state index in [0.717, 1.165) is 30.1 Å².